The highest BCUT2D eigenvalue weighted by molar-refractivity contribution is 6.00. The van der Waals surface area contributed by atoms with Gasteiger partial charge in [0.2, 0.25) is 0 Å². The van der Waals surface area contributed by atoms with Gasteiger partial charge in [0, 0.05) is 34.0 Å². The van der Waals surface area contributed by atoms with Crippen molar-refractivity contribution in [2.24, 2.45) is 0 Å². The average Bonchev–Trinajstić information content (AvgIpc) is 2.96. The molecule has 3 aromatic rings. The van der Waals surface area contributed by atoms with Crippen molar-refractivity contribution in [3.05, 3.63) is 54.2 Å². The first-order valence-electron chi connectivity index (χ1n) is 6.60. The zero-order valence-electron chi connectivity index (χ0n) is 11.6. The van der Waals surface area contributed by atoms with E-state index in [0.29, 0.717) is 0 Å². The van der Waals surface area contributed by atoms with Crippen molar-refractivity contribution in [2.75, 3.05) is 11.1 Å². The molecule has 3 N–H and O–H groups in total. The molecule has 102 valence electrons. The summed E-state index contributed by atoms with van der Waals surface area (Å²) in [6.07, 6.45) is 3.51. The van der Waals surface area contributed by atoms with Crippen LogP contribution in [-0.4, -0.2) is 4.98 Å². The van der Waals surface area contributed by atoms with E-state index in [1.807, 2.05) is 43.5 Å². The maximum Gasteiger partial charge on any atom is 0.125 e. The van der Waals surface area contributed by atoms with Gasteiger partial charge in [-0.25, -0.2) is 0 Å². The molecule has 2 heterocycles. The van der Waals surface area contributed by atoms with Gasteiger partial charge in [-0.15, -0.1) is 0 Å². The number of nitrogens with one attached hydrogen (secondary N) is 1. The number of nitrogens with two attached hydrogens (primary N) is 1. The van der Waals surface area contributed by atoms with Gasteiger partial charge in [0.05, 0.1) is 12.3 Å². The van der Waals surface area contributed by atoms with Gasteiger partial charge in [0.15, 0.2) is 0 Å². The number of benzene rings is 1. The Morgan fingerprint density at radius 2 is 2.10 bits per heavy atom. The summed E-state index contributed by atoms with van der Waals surface area (Å²) in [6, 6.07) is 9.88. The summed E-state index contributed by atoms with van der Waals surface area (Å²) in [5, 5.41) is 5.51. The topological polar surface area (TPSA) is 64.1 Å². The number of aryl methyl sites for hydroxylation is 1. The molecule has 0 saturated heterocycles. The van der Waals surface area contributed by atoms with Gasteiger partial charge in [0.1, 0.15) is 5.76 Å². The second-order valence-corrected chi connectivity index (χ2v) is 4.96. The highest BCUT2D eigenvalue weighted by atomic mass is 16.3. The summed E-state index contributed by atoms with van der Waals surface area (Å²) in [4.78, 5) is 4.31. The van der Waals surface area contributed by atoms with E-state index in [-0.39, 0.29) is 6.04 Å². The van der Waals surface area contributed by atoms with Gasteiger partial charge in [0.25, 0.3) is 0 Å². The predicted molar refractivity (Wildman–Crippen MR) is 81.6 cm³/mol. The fourth-order valence-corrected chi connectivity index (χ4v) is 2.33. The first-order chi connectivity index (χ1) is 9.65. The van der Waals surface area contributed by atoms with E-state index in [9.17, 15) is 0 Å². The minimum Gasteiger partial charge on any atom is -0.467 e. The highest BCUT2D eigenvalue weighted by Crippen LogP contribution is 2.30. The number of hydrogen-bond acceptors (Lipinski definition) is 4. The van der Waals surface area contributed by atoms with Gasteiger partial charge >= 0.3 is 0 Å². The number of hydrogen-bond donors (Lipinski definition) is 2. The van der Waals surface area contributed by atoms with Crippen LogP contribution in [0.5, 0.6) is 0 Å². The SMILES string of the molecule is Cc1cc2c(NC(C)c3ccco3)ccc(N)c2cn1. The number of nitrogen functional groups attached to an aromatic ring is 1. The predicted octanol–water partition coefficient (Wildman–Crippen LogP) is 3.89. The van der Waals surface area contributed by atoms with Crippen molar-refractivity contribution in [3.63, 3.8) is 0 Å². The number of pyridine rings is 1. The van der Waals surface area contributed by atoms with Gasteiger partial charge in [-0.2, -0.15) is 0 Å². The fourth-order valence-electron chi connectivity index (χ4n) is 2.33. The largest absolute Gasteiger partial charge is 0.467 e. The maximum atomic E-state index is 6.01. The van der Waals surface area contributed by atoms with Crippen molar-refractivity contribution >= 4 is 22.1 Å². The van der Waals surface area contributed by atoms with Crippen LogP contribution in [0.2, 0.25) is 0 Å². The van der Waals surface area contributed by atoms with Crippen LogP contribution in [0, 0.1) is 6.92 Å². The van der Waals surface area contributed by atoms with E-state index in [1.54, 1.807) is 6.26 Å². The molecular formula is C16H17N3O. The molecule has 0 fully saturated rings. The van der Waals surface area contributed by atoms with Gasteiger partial charge in [-0.1, -0.05) is 0 Å². The normalized spacial score (nSPS) is 12.5. The van der Waals surface area contributed by atoms with Crippen LogP contribution in [0.3, 0.4) is 0 Å². The van der Waals surface area contributed by atoms with Crippen molar-refractivity contribution in [1.82, 2.24) is 4.98 Å². The summed E-state index contributed by atoms with van der Waals surface area (Å²) >= 11 is 0. The molecule has 0 radical (unpaired) electrons. The fraction of sp³-hybridized carbons (Fsp3) is 0.188. The summed E-state index contributed by atoms with van der Waals surface area (Å²) in [5.74, 6) is 0.903. The molecular weight excluding hydrogens is 250 g/mol. The third kappa shape index (κ3) is 2.20. The van der Waals surface area contributed by atoms with Gasteiger partial charge < -0.3 is 15.5 Å². The van der Waals surface area contributed by atoms with E-state index in [1.165, 1.54) is 0 Å². The lowest BCUT2D eigenvalue weighted by Gasteiger charge is -2.16. The number of nitrogens with zero attached hydrogens (tertiary/aromatic N) is 1. The second kappa shape index (κ2) is 4.89. The third-order valence-electron chi connectivity index (χ3n) is 3.41. The molecule has 20 heavy (non-hydrogen) atoms. The summed E-state index contributed by atoms with van der Waals surface area (Å²) < 4.78 is 5.43. The molecule has 1 aromatic carbocycles. The maximum absolute atomic E-state index is 6.01. The number of aromatic nitrogens is 1. The first-order valence-corrected chi connectivity index (χ1v) is 6.60. The lowest BCUT2D eigenvalue weighted by Crippen LogP contribution is -2.06. The lowest BCUT2D eigenvalue weighted by atomic mass is 10.1. The van der Waals surface area contributed by atoms with E-state index < -0.39 is 0 Å². The molecule has 3 rings (SSSR count). The molecule has 2 aromatic heterocycles. The Balaban J connectivity index is 2.03. The van der Waals surface area contributed by atoms with Crippen molar-refractivity contribution in [3.8, 4) is 0 Å². The molecule has 0 bridgehead atoms. The van der Waals surface area contributed by atoms with E-state index in [4.69, 9.17) is 10.2 Å². The minimum absolute atomic E-state index is 0.0882. The average molecular weight is 267 g/mol. The third-order valence-corrected chi connectivity index (χ3v) is 3.41. The quantitative estimate of drug-likeness (QED) is 0.706. The molecule has 0 aliphatic carbocycles. The Morgan fingerprint density at radius 3 is 2.85 bits per heavy atom. The second-order valence-electron chi connectivity index (χ2n) is 4.96. The van der Waals surface area contributed by atoms with Crippen LogP contribution >= 0.6 is 0 Å². The number of rotatable bonds is 3. The van der Waals surface area contributed by atoms with Crippen molar-refractivity contribution < 1.29 is 4.42 Å². The van der Waals surface area contributed by atoms with Gasteiger partial charge in [-0.3, -0.25) is 4.98 Å². The van der Waals surface area contributed by atoms with E-state index in [0.717, 1.165) is 33.6 Å². The monoisotopic (exact) mass is 267 g/mol. The van der Waals surface area contributed by atoms with Crippen LogP contribution < -0.4 is 11.1 Å². The number of fused-ring (bicyclic) bond motifs is 1. The first kappa shape index (κ1) is 12.5. The smallest absolute Gasteiger partial charge is 0.125 e. The van der Waals surface area contributed by atoms with E-state index >= 15 is 0 Å². The van der Waals surface area contributed by atoms with Crippen LogP contribution in [0.15, 0.2) is 47.2 Å². The summed E-state index contributed by atoms with van der Waals surface area (Å²) in [6.45, 7) is 4.04. The molecule has 1 unspecified atom stereocenters. The summed E-state index contributed by atoms with van der Waals surface area (Å²) in [5.41, 5.74) is 8.75. The molecule has 0 amide bonds. The van der Waals surface area contributed by atoms with Crippen LogP contribution in [-0.2, 0) is 0 Å². The molecule has 1 atom stereocenters. The van der Waals surface area contributed by atoms with Gasteiger partial charge in [-0.05, 0) is 44.2 Å². The number of furan rings is 1. The lowest BCUT2D eigenvalue weighted by molar-refractivity contribution is 0.491. The van der Waals surface area contributed by atoms with Crippen molar-refractivity contribution in [1.29, 1.82) is 0 Å². The Kier molecular flexibility index (Phi) is 3.06. The molecule has 0 aliphatic rings. The van der Waals surface area contributed by atoms with Crippen LogP contribution in [0.25, 0.3) is 10.8 Å². The molecule has 4 heteroatoms. The Morgan fingerprint density at radius 1 is 1.25 bits per heavy atom. The minimum atomic E-state index is 0.0882. The molecule has 4 nitrogen and oxygen atoms in total. The summed E-state index contributed by atoms with van der Waals surface area (Å²) in [7, 11) is 0. The molecule has 0 saturated carbocycles. The Bertz CT molecular complexity index is 735. The van der Waals surface area contributed by atoms with Crippen molar-refractivity contribution in [2.45, 2.75) is 19.9 Å². The standard InChI is InChI=1S/C16H17N3O/c1-10-8-12-13(9-18-10)14(17)5-6-15(12)19-11(2)16-4-3-7-20-16/h3-9,11,19H,17H2,1-2H3. The molecule has 0 aliphatic heterocycles. The zero-order chi connectivity index (χ0) is 14.1. The number of anilines is 2. The molecule has 0 spiro atoms. The highest BCUT2D eigenvalue weighted by Gasteiger charge is 2.11. The van der Waals surface area contributed by atoms with E-state index in [2.05, 4.69) is 17.2 Å². The Labute approximate surface area is 117 Å². The van der Waals surface area contributed by atoms with Crippen LogP contribution in [0.1, 0.15) is 24.4 Å². The Hall–Kier alpha value is -2.49. The zero-order valence-corrected chi connectivity index (χ0v) is 11.6. The van der Waals surface area contributed by atoms with Crippen LogP contribution in [0.4, 0.5) is 11.4 Å².